The topological polar surface area (TPSA) is 75.8 Å². The van der Waals surface area contributed by atoms with Crippen LogP contribution in [0.3, 0.4) is 0 Å². The third kappa shape index (κ3) is 3.46. The molecule has 2 rings (SSSR count). The molecule has 0 bridgehead atoms. The van der Waals surface area contributed by atoms with Crippen LogP contribution in [-0.4, -0.2) is 41.7 Å². The minimum Gasteiger partial charge on any atom is -0.490 e. The summed E-state index contributed by atoms with van der Waals surface area (Å²) in [6.07, 6.45) is 1.57. The number of rotatable bonds is 6. The fraction of sp³-hybridized carbons (Fsp3) is 0.571. The fourth-order valence-corrected chi connectivity index (χ4v) is 2.64. The molecule has 6 nitrogen and oxygen atoms in total. The Morgan fingerprint density at radius 2 is 2.20 bits per heavy atom. The number of nitro groups is 1. The molecule has 1 N–H and O–H groups in total. The van der Waals surface area contributed by atoms with Gasteiger partial charge in [-0.1, -0.05) is 6.07 Å². The molecule has 1 aromatic carbocycles. The van der Waals surface area contributed by atoms with Crippen LogP contribution in [0.2, 0.25) is 0 Å². The summed E-state index contributed by atoms with van der Waals surface area (Å²) in [7, 11) is 3.41. The van der Waals surface area contributed by atoms with Crippen LogP contribution in [0.25, 0.3) is 0 Å². The Hall–Kier alpha value is -1.66. The van der Waals surface area contributed by atoms with Crippen molar-refractivity contribution in [3.05, 3.63) is 33.9 Å². The molecule has 6 heteroatoms. The number of methoxy groups -OCH3 is 1. The second kappa shape index (κ2) is 6.19. The Labute approximate surface area is 118 Å². The van der Waals surface area contributed by atoms with Crippen molar-refractivity contribution in [2.45, 2.75) is 25.5 Å². The number of nitrogens with zero attached hydrogens (tertiary/aromatic N) is 2. The Morgan fingerprint density at radius 3 is 2.75 bits per heavy atom. The maximum atomic E-state index is 11.0. The molecule has 0 heterocycles. The molecule has 1 saturated carbocycles. The lowest BCUT2D eigenvalue weighted by atomic mass is 9.82. The van der Waals surface area contributed by atoms with Gasteiger partial charge in [0.05, 0.1) is 18.1 Å². The summed E-state index contributed by atoms with van der Waals surface area (Å²) in [5.41, 5.74) is 0.886. The summed E-state index contributed by atoms with van der Waals surface area (Å²) in [4.78, 5) is 12.7. The van der Waals surface area contributed by atoms with Gasteiger partial charge in [-0.25, -0.2) is 0 Å². The molecular weight excluding hydrogens is 260 g/mol. The van der Waals surface area contributed by atoms with Crippen LogP contribution in [0.15, 0.2) is 18.2 Å². The zero-order chi connectivity index (χ0) is 14.7. The number of nitro benzene ring substituents is 1. The van der Waals surface area contributed by atoms with E-state index in [-0.39, 0.29) is 17.5 Å². The summed E-state index contributed by atoms with van der Waals surface area (Å²) >= 11 is 0. The highest BCUT2D eigenvalue weighted by molar-refractivity contribution is 5.48. The highest BCUT2D eigenvalue weighted by Gasteiger charge is 2.28. The first-order valence-corrected chi connectivity index (χ1v) is 6.67. The second-order valence-electron chi connectivity index (χ2n) is 5.45. The smallest absolute Gasteiger partial charge is 0.311 e. The number of hydrogen-bond acceptors (Lipinski definition) is 5. The van der Waals surface area contributed by atoms with Gasteiger partial charge in [0, 0.05) is 19.2 Å². The SMILES string of the molecule is COc1ccc(CN(C)CC2CC(O)C2)cc1[N+](=O)[O-]. The highest BCUT2D eigenvalue weighted by Crippen LogP contribution is 2.30. The maximum absolute atomic E-state index is 11.0. The van der Waals surface area contributed by atoms with Gasteiger partial charge in [-0.2, -0.15) is 0 Å². The maximum Gasteiger partial charge on any atom is 0.311 e. The van der Waals surface area contributed by atoms with Crippen LogP contribution in [-0.2, 0) is 6.54 Å². The second-order valence-corrected chi connectivity index (χ2v) is 5.45. The number of benzene rings is 1. The van der Waals surface area contributed by atoms with Crippen LogP contribution in [0.4, 0.5) is 5.69 Å². The Morgan fingerprint density at radius 1 is 1.50 bits per heavy atom. The first-order chi connectivity index (χ1) is 9.49. The van der Waals surface area contributed by atoms with Crippen molar-refractivity contribution < 1.29 is 14.8 Å². The van der Waals surface area contributed by atoms with E-state index >= 15 is 0 Å². The molecule has 0 radical (unpaired) electrons. The summed E-state index contributed by atoms with van der Waals surface area (Å²) < 4.78 is 4.99. The summed E-state index contributed by atoms with van der Waals surface area (Å²) in [6.45, 7) is 1.55. The van der Waals surface area contributed by atoms with E-state index in [1.54, 1.807) is 12.1 Å². The van der Waals surface area contributed by atoms with Crippen molar-refractivity contribution in [1.82, 2.24) is 4.90 Å². The van der Waals surface area contributed by atoms with Gasteiger partial charge >= 0.3 is 5.69 Å². The molecule has 1 aliphatic rings. The van der Waals surface area contributed by atoms with Gasteiger partial charge in [0.1, 0.15) is 0 Å². The van der Waals surface area contributed by atoms with E-state index in [0.29, 0.717) is 12.5 Å². The van der Waals surface area contributed by atoms with E-state index in [0.717, 1.165) is 24.9 Å². The molecule has 0 unspecified atom stereocenters. The largest absolute Gasteiger partial charge is 0.490 e. The predicted octanol–water partition coefficient (Wildman–Crippen LogP) is 1.81. The molecule has 1 aliphatic carbocycles. The van der Waals surface area contributed by atoms with Gasteiger partial charge in [0.15, 0.2) is 5.75 Å². The van der Waals surface area contributed by atoms with Crippen LogP contribution < -0.4 is 4.74 Å². The van der Waals surface area contributed by atoms with Gasteiger partial charge in [-0.3, -0.25) is 10.1 Å². The van der Waals surface area contributed by atoms with Crippen LogP contribution >= 0.6 is 0 Å². The van der Waals surface area contributed by atoms with E-state index in [2.05, 4.69) is 4.90 Å². The molecule has 0 spiro atoms. The van der Waals surface area contributed by atoms with Gasteiger partial charge in [0.2, 0.25) is 0 Å². The molecule has 0 amide bonds. The molecular formula is C14H20N2O4. The van der Waals surface area contributed by atoms with E-state index in [4.69, 9.17) is 4.74 Å². The van der Waals surface area contributed by atoms with Crippen molar-refractivity contribution in [3.8, 4) is 5.75 Å². The quantitative estimate of drug-likeness (QED) is 0.635. The molecule has 0 atom stereocenters. The minimum atomic E-state index is -0.426. The number of aliphatic hydroxyl groups is 1. The monoisotopic (exact) mass is 280 g/mol. The lowest BCUT2D eigenvalue weighted by Crippen LogP contribution is -2.36. The molecule has 20 heavy (non-hydrogen) atoms. The first-order valence-electron chi connectivity index (χ1n) is 6.67. The molecule has 1 aromatic rings. The standard InChI is InChI=1S/C14H20N2O4/c1-15(9-11-5-12(17)6-11)8-10-3-4-14(20-2)13(7-10)16(18)19/h3-4,7,11-12,17H,5-6,8-9H2,1-2H3. The van der Waals surface area contributed by atoms with Crippen molar-refractivity contribution in [1.29, 1.82) is 0 Å². The summed E-state index contributed by atoms with van der Waals surface area (Å²) in [5, 5.41) is 20.2. The van der Waals surface area contributed by atoms with E-state index < -0.39 is 4.92 Å². The Bertz CT molecular complexity index is 486. The van der Waals surface area contributed by atoms with Crippen LogP contribution in [0, 0.1) is 16.0 Å². The van der Waals surface area contributed by atoms with E-state index in [1.807, 2.05) is 13.1 Å². The third-order valence-electron chi connectivity index (χ3n) is 3.67. The number of aliphatic hydroxyl groups excluding tert-OH is 1. The lowest BCUT2D eigenvalue weighted by Gasteiger charge is -2.34. The lowest BCUT2D eigenvalue weighted by molar-refractivity contribution is -0.385. The average Bonchev–Trinajstić information content (AvgIpc) is 2.36. The van der Waals surface area contributed by atoms with Crippen molar-refractivity contribution in [2.24, 2.45) is 5.92 Å². The molecule has 0 aromatic heterocycles. The van der Waals surface area contributed by atoms with Crippen LogP contribution in [0.5, 0.6) is 5.75 Å². The average molecular weight is 280 g/mol. The van der Waals surface area contributed by atoms with Gasteiger partial charge in [0.25, 0.3) is 0 Å². The van der Waals surface area contributed by atoms with E-state index in [1.165, 1.54) is 7.11 Å². The normalized spacial score (nSPS) is 21.6. The zero-order valence-electron chi connectivity index (χ0n) is 11.8. The molecule has 0 aliphatic heterocycles. The number of hydrogen-bond donors (Lipinski definition) is 1. The molecule has 0 saturated heterocycles. The number of ether oxygens (including phenoxy) is 1. The first kappa shape index (κ1) is 14.7. The Kier molecular flexibility index (Phi) is 4.57. The van der Waals surface area contributed by atoms with Gasteiger partial charge in [-0.05, 0) is 37.4 Å². The summed E-state index contributed by atoms with van der Waals surface area (Å²) in [5.74, 6) is 0.812. The zero-order valence-corrected chi connectivity index (χ0v) is 11.8. The third-order valence-corrected chi connectivity index (χ3v) is 3.67. The van der Waals surface area contributed by atoms with E-state index in [9.17, 15) is 15.2 Å². The highest BCUT2D eigenvalue weighted by atomic mass is 16.6. The van der Waals surface area contributed by atoms with Crippen molar-refractivity contribution >= 4 is 5.69 Å². The Balaban J connectivity index is 1.98. The van der Waals surface area contributed by atoms with Gasteiger partial charge in [-0.15, -0.1) is 0 Å². The summed E-state index contributed by atoms with van der Waals surface area (Å²) in [6, 6.07) is 5.04. The minimum absolute atomic E-state index is 0.00235. The van der Waals surface area contributed by atoms with Crippen molar-refractivity contribution in [2.75, 3.05) is 20.7 Å². The van der Waals surface area contributed by atoms with Crippen molar-refractivity contribution in [3.63, 3.8) is 0 Å². The molecule has 110 valence electrons. The molecule has 1 fully saturated rings. The van der Waals surface area contributed by atoms with Crippen LogP contribution in [0.1, 0.15) is 18.4 Å². The predicted molar refractivity (Wildman–Crippen MR) is 74.7 cm³/mol. The van der Waals surface area contributed by atoms with Gasteiger partial charge < -0.3 is 14.7 Å². The fourth-order valence-electron chi connectivity index (χ4n) is 2.64.